The van der Waals surface area contributed by atoms with Crippen LogP contribution in [0, 0.1) is 0 Å². The predicted octanol–water partition coefficient (Wildman–Crippen LogP) is 4.37. The van der Waals surface area contributed by atoms with Gasteiger partial charge in [-0.15, -0.1) is 0 Å². The molecule has 1 fully saturated rings. The maximum absolute atomic E-state index is 13.1. The molecule has 2 aromatic carbocycles. The molecular formula is C23H17ClN2O4. The van der Waals surface area contributed by atoms with Crippen LogP contribution in [0.25, 0.3) is 5.76 Å². The Labute approximate surface area is 178 Å². The number of Topliss-reactive ketones (excluding diaryl/α,β-unsaturated/α-hetero) is 1. The summed E-state index contributed by atoms with van der Waals surface area (Å²) in [5, 5.41) is 11.4. The first-order chi connectivity index (χ1) is 14.5. The Bertz CT molecular complexity index is 1160. The number of amides is 1. The number of rotatable bonds is 4. The van der Waals surface area contributed by atoms with Crippen molar-refractivity contribution >= 4 is 34.7 Å². The number of hydrogen-bond donors (Lipinski definition) is 1. The molecule has 6 nitrogen and oxygen atoms in total. The van der Waals surface area contributed by atoms with Gasteiger partial charge in [-0.25, -0.2) is 0 Å². The van der Waals surface area contributed by atoms with Crippen molar-refractivity contribution in [1.29, 1.82) is 0 Å². The van der Waals surface area contributed by atoms with Crippen LogP contribution in [0.5, 0.6) is 5.75 Å². The summed E-state index contributed by atoms with van der Waals surface area (Å²) < 4.78 is 5.27. The van der Waals surface area contributed by atoms with Crippen molar-refractivity contribution in [1.82, 2.24) is 4.98 Å². The fourth-order valence-electron chi connectivity index (χ4n) is 3.51. The van der Waals surface area contributed by atoms with Gasteiger partial charge in [-0.1, -0.05) is 29.8 Å². The third kappa shape index (κ3) is 3.42. The third-order valence-electron chi connectivity index (χ3n) is 4.90. The molecule has 150 valence electrons. The van der Waals surface area contributed by atoms with Crippen molar-refractivity contribution in [2.45, 2.75) is 6.04 Å². The van der Waals surface area contributed by atoms with Gasteiger partial charge in [0.05, 0.1) is 18.7 Å². The van der Waals surface area contributed by atoms with Crippen LogP contribution in [-0.2, 0) is 9.59 Å². The van der Waals surface area contributed by atoms with E-state index in [9.17, 15) is 14.7 Å². The van der Waals surface area contributed by atoms with E-state index >= 15 is 0 Å². The molecule has 1 aliphatic heterocycles. The van der Waals surface area contributed by atoms with Crippen molar-refractivity contribution in [2.24, 2.45) is 0 Å². The minimum atomic E-state index is -0.834. The lowest BCUT2D eigenvalue weighted by molar-refractivity contribution is -0.132. The molecule has 7 heteroatoms. The zero-order valence-electron chi connectivity index (χ0n) is 15.9. The molecule has 1 atom stereocenters. The summed E-state index contributed by atoms with van der Waals surface area (Å²) in [7, 11) is 1.52. The molecule has 3 aromatic rings. The van der Waals surface area contributed by atoms with E-state index in [1.807, 2.05) is 0 Å². The summed E-state index contributed by atoms with van der Waals surface area (Å²) in [6, 6.07) is 15.9. The van der Waals surface area contributed by atoms with E-state index in [0.29, 0.717) is 27.6 Å². The van der Waals surface area contributed by atoms with E-state index in [1.165, 1.54) is 12.0 Å². The number of methoxy groups -OCH3 is 1. The molecule has 0 radical (unpaired) electrons. The van der Waals surface area contributed by atoms with Crippen LogP contribution in [0.15, 0.2) is 78.6 Å². The largest absolute Gasteiger partial charge is 0.507 e. The second-order valence-electron chi connectivity index (χ2n) is 6.66. The Morgan fingerprint density at radius 3 is 2.50 bits per heavy atom. The van der Waals surface area contributed by atoms with Gasteiger partial charge in [0.15, 0.2) is 0 Å². The highest BCUT2D eigenvalue weighted by molar-refractivity contribution is 6.51. The average Bonchev–Trinajstić information content (AvgIpc) is 3.04. The van der Waals surface area contributed by atoms with Crippen LogP contribution < -0.4 is 9.64 Å². The van der Waals surface area contributed by atoms with Crippen LogP contribution in [0.4, 0.5) is 5.69 Å². The van der Waals surface area contributed by atoms with E-state index in [-0.39, 0.29) is 11.3 Å². The maximum Gasteiger partial charge on any atom is 0.300 e. The zero-order valence-corrected chi connectivity index (χ0v) is 16.7. The van der Waals surface area contributed by atoms with Gasteiger partial charge in [0.25, 0.3) is 11.7 Å². The van der Waals surface area contributed by atoms with Crippen molar-refractivity contribution in [3.05, 3.63) is 94.8 Å². The van der Waals surface area contributed by atoms with Gasteiger partial charge in [0.2, 0.25) is 0 Å². The summed E-state index contributed by atoms with van der Waals surface area (Å²) in [4.78, 5) is 31.5. The highest BCUT2D eigenvalue weighted by Crippen LogP contribution is 2.42. The number of pyridine rings is 1. The SMILES string of the molecule is COc1cccc(N2C(=O)C(=O)/C(=C(/O)c3cccc(Cl)c3)C2c2ccncc2)c1. The quantitative estimate of drug-likeness (QED) is 0.385. The number of carbonyl (C=O) groups excluding carboxylic acids is 2. The molecule has 4 rings (SSSR count). The highest BCUT2D eigenvalue weighted by atomic mass is 35.5. The number of carbonyl (C=O) groups is 2. The molecule has 1 aromatic heterocycles. The first kappa shape index (κ1) is 19.7. The third-order valence-corrected chi connectivity index (χ3v) is 5.13. The predicted molar refractivity (Wildman–Crippen MR) is 113 cm³/mol. The van der Waals surface area contributed by atoms with Crippen LogP contribution >= 0.6 is 11.6 Å². The van der Waals surface area contributed by atoms with E-state index < -0.39 is 17.7 Å². The molecule has 0 bridgehead atoms. The minimum absolute atomic E-state index is 0.0173. The Kier molecular flexibility index (Phi) is 5.25. The molecule has 1 saturated heterocycles. The maximum atomic E-state index is 13.1. The van der Waals surface area contributed by atoms with Gasteiger partial charge in [0.1, 0.15) is 11.5 Å². The van der Waals surface area contributed by atoms with Crippen molar-refractivity contribution < 1.29 is 19.4 Å². The number of benzene rings is 2. The van der Waals surface area contributed by atoms with Gasteiger partial charge in [0, 0.05) is 34.7 Å². The highest BCUT2D eigenvalue weighted by Gasteiger charge is 2.47. The molecule has 2 heterocycles. The Morgan fingerprint density at radius 2 is 1.80 bits per heavy atom. The number of hydrogen-bond acceptors (Lipinski definition) is 5. The molecule has 0 saturated carbocycles. The summed E-state index contributed by atoms with van der Waals surface area (Å²) in [6.07, 6.45) is 3.14. The van der Waals surface area contributed by atoms with E-state index in [4.69, 9.17) is 16.3 Å². The van der Waals surface area contributed by atoms with Crippen LogP contribution in [0.2, 0.25) is 5.02 Å². The Morgan fingerprint density at radius 1 is 1.07 bits per heavy atom. The first-order valence-corrected chi connectivity index (χ1v) is 9.50. The molecule has 30 heavy (non-hydrogen) atoms. The molecular weight excluding hydrogens is 404 g/mol. The molecule has 0 aliphatic carbocycles. The number of ether oxygens (including phenoxy) is 1. The lowest BCUT2D eigenvalue weighted by Gasteiger charge is -2.25. The monoisotopic (exact) mass is 420 g/mol. The summed E-state index contributed by atoms with van der Waals surface area (Å²) in [5.74, 6) is -1.27. The van der Waals surface area contributed by atoms with Crippen LogP contribution in [0.1, 0.15) is 17.2 Å². The Balaban J connectivity index is 1.95. The smallest absolute Gasteiger partial charge is 0.300 e. The standard InChI is InChI=1S/C23H17ClN2O4/c1-30-18-7-3-6-17(13-18)26-20(14-8-10-25-11-9-14)19(22(28)23(26)29)21(27)15-4-2-5-16(24)12-15/h2-13,20,27H,1H3/b21-19+. The number of ketones is 1. The lowest BCUT2D eigenvalue weighted by Crippen LogP contribution is -2.29. The van der Waals surface area contributed by atoms with Crippen molar-refractivity contribution in [3.8, 4) is 5.75 Å². The molecule has 1 amide bonds. The number of nitrogens with zero attached hydrogens (tertiary/aromatic N) is 2. The number of aromatic nitrogens is 1. The van der Waals surface area contributed by atoms with E-state index in [2.05, 4.69) is 4.98 Å². The fraction of sp³-hybridized carbons (Fsp3) is 0.0870. The lowest BCUT2D eigenvalue weighted by atomic mass is 9.96. The molecule has 1 aliphatic rings. The second-order valence-corrected chi connectivity index (χ2v) is 7.10. The molecule has 1 unspecified atom stereocenters. The number of anilines is 1. The summed E-state index contributed by atoms with van der Waals surface area (Å²) in [6.45, 7) is 0. The topological polar surface area (TPSA) is 79.7 Å². The van der Waals surface area contributed by atoms with E-state index in [1.54, 1.807) is 73.1 Å². The van der Waals surface area contributed by atoms with Gasteiger partial charge in [-0.2, -0.15) is 0 Å². The van der Waals surface area contributed by atoms with Crippen LogP contribution in [0.3, 0.4) is 0 Å². The van der Waals surface area contributed by atoms with Crippen molar-refractivity contribution in [3.63, 3.8) is 0 Å². The van der Waals surface area contributed by atoms with Crippen molar-refractivity contribution in [2.75, 3.05) is 12.0 Å². The van der Waals surface area contributed by atoms with Gasteiger partial charge < -0.3 is 9.84 Å². The number of aliphatic hydroxyl groups is 1. The van der Waals surface area contributed by atoms with Gasteiger partial charge in [-0.05, 0) is 42.0 Å². The van der Waals surface area contributed by atoms with Gasteiger partial charge in [-0.3, -0.25) is 19.5 Å². The Hall–Kier alpha value is -3.64. The van der Waals surface area contributed by atoms with Gasteiger partial charge >= 0.3 is 0 Å². The van der Waals surface area contributed by atoms with Crippen LogP contribution in [-0.4, -0.2) is 28.9 Å². The normalized spacial score (nSPS) is 17.9. The summed E-state index contributed by atoms with van der Waals surface area (Å²) >= 11 is 6.05. The summed E-state index contributed by atoms with van der Waals surface area (Å²) in [5.41, 5.74) is 1.44. The first-order valence-electron chi connectivity index (χ1n) is 9.12. The molecule has 1 N–H and O–H groups in total. The average molecular weight is 421 g/mol. The van der Waals surface area contributed by atoms with E-state index in [0.717, 1.165) is 0 Å². The minimum Gasteiger partial charge on any atom is -0.507 e. The number of halogens is 1. The molecule has 0 spiro atoms. The fourth-order valence-corrected chi connectivity index (χ4v) is 3.70. The number of aliphatic hydroxyl groups excluding tert-OH is 1. The second kappa shape index (κ2) is 8.00. The zero-order chi connectivity index (χ0) is 21.3.